The minimum absolute atomic E-state index is 0.110. The fraction of sp³-hybridized carbons (Fsp3) is 0.353. The summed E-state index contributed by atoms with van der Waals surface area (Å²) >= 11 is 0. The van der Waals surface area contributed by atoms with E-state index in [9.17, 15) is 15.0 Å². The first-order valence-electron chi connectivity index (χ1n) is 8.65. The third kappa shape index (κ3) is 2.88. The van der Waals surface area contributed by atoms with Gasteiger partial charge in [-0.15, -0.1) is 0 Å². The van der Waals surface area contributed by atoms with Gasteiger partial charge in [-0.25, -0.2) is 4.98 Å². The van der Waals surface area contributed by atoms with E-state index in [0.29, 0.717) is 23.0 Å². The number of amides is 1. The van der Waals surface area contributed by atoms with Crippen molar-refractivity contribution in [2.75, 3.05) is 17.7 Å². The minimum atomic E-state index is -0.938. The number of aliphatic hydroxyl groups is 2. The molecule has 2 aliphatic rings. The number of primary amides is 1. The van der Waals surface area contributed by atoms with Crippen molar-refractivity contribution in [3.05, 3.63) is 41.9 Å². The van der Waals surface area contributed by atoms with Crippen molar-refractivity contribution >= 4 is 23.2 Å². The van der Waals surface area contributed by atoms with Crippen molar-refractivity contribution < 1.29 is 15.0 Å². The number of aromatic nitrogens is 3. The summed E-state index contributed by atoms with van der Waals surface area (Å²) in [7, 11) is 1.72. The van der Waals surface area contributed by atoms with E-state index < -0.39 is 18.2 Å². The second-order valence-corrected chi connectivity index (χ2v) is 6.56. The quantitative estimate of drug-likeness (QED) is 0.488. The van der Waals surface area contributed by atoms with Gasteiger partial charge >= 0.3 is 0 Å². The Bertz CT molecular complexity index is 951. The predicted molar refractivity (Wildman–Crippen MR) is 98.8 cm³/mol. The van der Waals surface area contributed by atoms with Gasteiger partial charge in [-0.3, -0.25) is 4.79 Å². The van der Waals surface area contributed by atoms with Crippen molar-refractivity contribution in [3.8, 4) is 0 Å². The van der Waals surface area contributed by atoms with Crippen molar-refractivity contribution in [1.29, 1.82) is 0 Å². The molecule has 0 radical (unpaired) electrons. The Balaban J connectivity index is 1.65. The molecule has 1 aliphatic heterocycles. The summed E-state index contributed by atoms with van der Waals surface area (Å²) in [4.78, 5) is 17.8. The van der Waals surface area contributed by atoms with E-state index in [2.05, 4.69) is 20.7 Å². The van der Waals surface area contributed by atoms with E-state index in [1.54, 1.807) is 36.4 Å². The van der Waals surface area contributed by atoms with Crippen LogP contribution in [0.4, 0.5) is 11.6 Å². The van der Waals surface area contributed by atoms with Crippen LogP contribution in [0, 0.1) is 0 Å². The van der Waals surface area contributed by atoms with Gasteiger partial charge in [-0.2, -0.15) is 9.61 Å². The van der Waals surface area contributed by atoms with Crippen LogP contribution in [0.2, 0.25) is 0 Å². The molecule has 1 fully saturated rings. The first-order chi connectivity index (χ1) is 13.0. The van der Waals surface area contributed by atoms with Gasteiger partial charge in [0, 0.05) is 19.3 Å². The number of nitrogens with zero attached hydrogens (tertiary/aromatic N) is 4. The van der Waals surface area contributed by atoms with Gasteiger partial charge in [0.15, 0.2) is 11.9 Å². The van der Waals surface area contributed by atoms with Crippen LogP contribution in [-0.4, -0.2) is 61.0 Å². The molecule has 3 heterocycles. The van der Waals surface area contributed by atoms with E-state index in [-0.39, 0.29) is 11.6 Å². The second-order valence-electron chi connectivity index (χ2n) is 6.56. The third-order valence-electron chi connectivity index (χ3n) is 4.95. The molecule has 1 saturated carbocycles. The zero-order valence-corrected chi connectivity index (χ0v) is 14.7. The first kappa shape index (κ1) is 17.3. The van der Waals surface area contributed by atoms with Crippen LogP contribution in [0.1, 0.15) is 23.2 Å². The Morgan fingerprint density at radius 2 is 2.19 bits per heavy atom. The van der Waals surface area contributed by atoms with Gasteiger partial charge in [0.25, 0.3) is 5.91 Å². The van der Waals surface area contributed by atoms with E-state index in [4.69, 9.17) is 5.73 Å². The van der Waals surface area contributed by atoms with Gasteiger partial charge in [0.1, 0.15) is 17.2 Å². The number of hydrogen-bond acceptors (Lipinski definition) is 8. The summed E-state index contributed by atoms with van der Waals surface area (Å²) in [6, 6.07) is 1.60. The lowest BCUT2D eigenvalue weighted by Gasteiger charge is -2.44. The van der Waals surface area contributed by atoms with Crippen LogP contribution >= 0.6 is 0 Å². The van der Waals surface area contributed by atoms with Crippen LogP contribution in [0.15, 0.2) is 36.3 Å². The van der Waals surface area contributed by atoms with Crippen molar-refractivity contribution in [2.24, 2.45) is 5.73 Å². The lowest BCUT2D eigenvalue weighted by molar-refractivity contribution is -0.0597. The smallest absolute Gasteiger partial charge is 0.254 e. The van der Waals surface area contributed by atoms with Gasteiger partial charge in [-0.05, 0) is 25.0 Å². The molecule has 2 unspecified atom stereocenters. The summed E-state index contributed by atoms with van der Waals surface area (Å²) in [6.45, 7) is 0. The molecule has 1 amide bonds. The van der Waals surface area contributed by atoms with Crippen LogP contribution in [0.5, 0.6) is 0 Å². The maximum absolute atomic E-state index is 11.6. The molecular formula is C17H21N7O3. The van der Waals surface area contributed by atoms with Crippen LogP contribution in [0.3, 0.4) is 0 Å². The topological polar surface area (TPSA) is 141 Å². The van der Waals surface area contributed by atoms with Crippen molar-refractivity contribution in [1.82, 2.24) is 19.5 Å². The van der Waals surface area contributed by atoms with Crippen molar-refractivity contribution in [2.45, 2.75) is 31.2 Å². The summed E-state index contributed by atoms with van der Waals surface area (Å²) in [6.07, 6.45) is 6.84. The molecule has 1 aliphatic carbocycles. The number of hydrogen-bond donors (Lipinski definition) is 5. The Morgan fingerprint density at radius 1 is 1.37 bits per heavy atom. The monoisotopic (exact) mass is 371 g/mol. The Kier molecular flexibility index (Phi) is 4.21. The van der Waals surface area contributed by atoms with E-state index in [1.165, 1.54) is 10.7 Å². The molecule has 2 aromatic rings. The van der Waals surface area contributed by atoms with Crippen LogP contribution < -0.4 is 16.4 Å². The summed E-state index contributed by atoms with van der Waals surface area (Å²) in [5.41, 5.74) is 6.42. The normalized spacial score (nSPS) is 24.5. The standard InChI is InChI=1S/C17H21N7O3/c1-19-14-7-13(22-16-9(15(18)26)8-20-24(14)16)21-10-3-2-6-23(17(10)27)11-4-5-12(11)25/h2-3,6-8,11-12,17,19,25,27H,4-5H2,1H3,(H2,18,26)(H,21,22)/t11?,12-,17?/m0/s1. The third-order valence-corrected chi connectivity index (χ3v) is 4.95. The number of carbonyl (C=O) groups excluding carboxylic acids is 1. The fourth-order valence-electron chi connectivity index (χ4n) is 3.31. The number of rotatable bonds is 5. The molecule has 10 heteroatoms. The zero-order valence-electron chi connectivity index (χ0n) is 14.7. The number of nitrogens with two attached hydrogens (primary N) is 1. The first-order valence-corrected chi connectivity index (χ1v) is 8.65. The highest BCUT2D eigenvalue weighted by Gasteiger charge is 2.37. The van der Waals surface area contributed by atoms with Gasteiger partial charge in [0.2, 0.25) is 0 Å². The Labute approximate surface area is 155 Å². The molecule has 6 N–H and O–H groups in total. The largest absolute Gasteiger partial charge is 0.391 e. The highest BCUT2D eigenvalue weighted by Crippen LogP contribution is 2.31. The SMILES string of the molecule is CNc1cc(NC2=CC=CN(C3CC[C@@H]3O)C2O)nc2c(C(N)=O)cnn12. The number of anilines is 2. The van der Waals surface area contributed by atoms with Crippen LogP contribution in [0.25, 0.3) is 5.65 Å². The average Bonchev–Trinajstić information content (AvgIpc) is 3.07. The maximum atomic E-state index is 11.6. The average molecular weight is 371 g/mol. The molecule has 27 heavy (non-hydrogen) atoms. The zero-order chi connectivity index (χ0) is 19.1. The maximum Gasteiger partial charge on any atom is 0.254 e. The highest BCUT2D eigenvalue weighted by atomic mass is 16.3. The summed E-state index contributed by atoms with van der Waals surface area (Å²) < 4.78 is 1.48. The second kappa shape index (κ2) is 6.56. The highest BCUT2D eigenvalue weighted by molar-refractivity contribution is 5.98. The van der Waals surface area contributed by atoms with E-state index in [1.807, 2.05) is 0 Å². The lowest BCUT2D eigenvalue weighted by Crippen LogP contribution is -2.53. The number of carbonyl (C=O) groups is 1. The Morgan fingerprint density at radius 3 is 2.81 bits per heavy atom. The Hall–Kier alpha value is -3.11. The molecule has 0 saturated heterocycles. The molecule has 142 valence electrons. The molecule has 3 atom stereocenters. The summed E-state index contributed by atoms with van der Waals surface area (Å²) in [5, 5.41) is 30.8. The van der Waals surface area contributed by atoms with Gasteiger partial charge in [0.05, 0.1) is 24.0 Å². The van der Waals surface area contributed by atoms with E-state index >= 15 is 0 Å². The molecule has 0 bridgehead atoms. The van der Waals surface area contributed by atoms with Gasteiger partial charge < -0.3 is 31.5 Å². The summed E-state index contributed by atoms with van der Waals surface area (Å²) in [5.74, 6) is 0.397. The molecule has 2 aromatic heterocycles. The van der Waals surface area contributed by atoms with Gasteiger partial charge in [-0.1, -0.05) is 0 Å². The molecule has 0 aromatic carbocycles. The molecular weight excluding hydrogens is 350 g/mol. The number of allylic oxidation sites excluding steroid dienone is 2. The van der Waals surface area contributed by atoms with Crippen molar-refractivity contribution in [3.63, 3.8) is 0 Å². The number of aliphatic hydroxyl groups excluding tert-OH is 2. The van der Waals surface area contributed by atoms with Crippen LogP contribution in [-0.2, 0) is 0 Å². The molecule has 10 nitrogen and oxygen atoms in total. The van der Waals surface area contributed by atoms with E-state index in [0.717, 1.165) is 12.8 Å². The fourth-order valence-corrected chi connectivity index (χ4v) is 3.31. The predicted octanol–water partition coefficient (Wildman–Crippen LogP) is -0.163. The number of fused-ring (bicyclic) bond motifs is 1. The number of nitrogens with one attached hydrogen (secondary N) is 2. The lowest BCUT2D eigenvalue weighted by atomic mass is 9.87. The minimum Gasteiger partial charge on any atom is -0.391 e. The molecule has 0 spiro atoms. The molecule has 4 rings (SSSR count).